The molecule has 0 bridgehead atoms. The van der Waals surface area contributed by atoms with E-state index in [1.54, 1.807) is 6.92 Å². The van der Waals surface area contributed by atoms with Crippen molar-refractivity contribution in [2.24, 2.45) is 0 Å². The molecule has 16 heavy (non-hydrogen) atoms. The van der Waals surface area contributed by atoms with Gasteiger partial charge in [0.05, 0.1) is 11.3 Å². The van der Waals surface area contributed by atoms with Gasteiger partial charge in [-0.3, -0.25) is 0 Å². The Labute approximate surface area is 95.8 Å². The molecule has 2 aromatic heterocycles. The number of hydrogen-bond acceptors (Lipinski definition) is 5. The smallest absolute Gasteiger partial charge is 0.339 e. The van der Waals surface area contributed by atoms with E-state index in [1.807, 2.05) is 12.3 Å². The van der Waals surface area contributed by atoms with Crippen LogP contribution in [0.3, 0.4) is 0 Å². The minimum Gasteiger partial charge on any atom is -0.478 e. The van der Waals surface area contributed by atoms with Gasteiger partial charge in [-0.2, -0.15) is 0 Å². The zero-order valence-corrected chi connectivity index (χ0v) is 9.58. The molecule has 0 aliphatic carbocycles. The number of nitrogens with zero attached hydrogens (tertiary/aromatic N) is 3. The summed E-state index contributed by atoms with van der Waals surface area (Å²) in [5.74, 6) is -0.542. The summed E-state index contributed by atoms with van der Waals surface area (Å²) in [6.45, 7) is 3.54. The fraction of sp³-hybridized carbons (Fsp3) is 0.200. The van der Waals surface area contributed by atoms with Crippen molar-refractivity contribution in [2.75, 3.05) is 0 Å². The van der Waals surface area contributed by atoms with Crippen LogP contribution in [0.4, 0.5) is 0 Å². The van der Waals surface area contributed by atoms with Gasteiger partial charge in [0.25, 0.3) is 0 Å². The van der Waals surface area contributed by atoms with E-state index >= 15 is 0 Å². The molecule has 0 spiro atoms. The number of rotatable bonds is 2. The summed E-state index contributed by atoms with van der Waals surface area (Å²) < 4.78 is 0. The molecule has 5 nitrogen and oxygen atoms in total. The normalized spacial score (nSPS) is 10.4. The Balaban J connectivity index is 2.45. The van der Waals surface area contributed by atoms with E-state index in [9.17, 15) is 4.79 Å². The van der Waals surface area contributed by atoms with Gasteiger partial charge in [-0.05, 0) is 13.8 Å². The lowest BCUT2D eigenvalue weighted by molar-refractivity contribution is 0.0695. The largest absolute Gasteiger partial charge is 0.478 e. The van der Waals surface area contributed by atoms with Crippen LogP contribution >= 0.6 is 11.3 Å². The average Bonchev–Trinajstić information content (AvgIpc) is 2.64. The first-order chi connectivity index (χ1) is 7.58. The van der Waals surface area contributed by atoms with Gasteiger partial charge in [-0.1, -0.05) is 0 Å². The molecule has 0 atom stereocenters. The van der Waals surface area contributed by atoms with Crippen LogP contribution in [0.1, 0.15) is 21.7 Å². The molecule has 0 saturated carbocycles. The number of aryl methyl sites for hydroxylation is 2. The minimum atomic E-state index is -1.01. The maximum absolute atomic E-state index is 10.8. The van der Waals surface area contributed by atoms with Gasteiger partial charge in [0.15, 0.2) is 10.8 Å². The third-order valence-electron chi connectivity index (χ3n) is 2.02. The van der Waals surface area contributed by atoms with E-state index < -0.39 is 5.97 Å². The van der Waals surface area contributed by atoms with Crippen molar-refractivity contribution >= 4 is 17.3 Å². The third kappa shape index (κ3) is 1.92. The highest BCUT2D eigenvalue weighted by atomic mass is 32.1. The van der Waals surface area contributed by atoms with Gasteiger partial charge in [-0.25, -0.2) is 19.7 Å². The molecular weight excluding hydrogens is 226 g/mol. The Morgan fingerprint density at radius 3 is 2.62 bits per heavy atom. The summed E-state index contributed by atoms with van der Waals surface area (Å²) in [5.41, 5.74) is 1.48. The molecular formula is C10H9N3O2S. The van der Waals surface area contributed by atoms with Crippen LogP contribution in [0.25, 0.3) is 10.8 Å². The second-order valence-corrected chi connectivity index (χ2v) is 4.15. The SMILES string of the molecule is Cc1csc(-c2ncc(C(=O)O)c(C)n2)n1. The predicted molar refractivity (Wildman–Crippen MR) is 59.6 cm³/mol. The van der Waals surface area contributed by atoms with Crippen molar-refractivity contribution in [1.29, 1.82) is 0 Å². The Bertz CT molecular complexity index is 551. The standard InChI is InChI=1S/C10H9N3O2S/c1-5-4-16-9(12-5)8-11-3-7(10(14)15)6(2)13-8/h3-4H,1-2H3,(H,14,15). The summed E-state index contributed by atoms with van der Waals surface area (Å²) >= 11 is 1.44. The minimum absolute atomic E-state index is 0.122. The number of carbonyl (C=O) groups is 1. The van der Waals surface area contributed by atoms with Crippen molar-refractivity contribution in [3.8, 4) is 10.8 Å². The first-order valence-electron chi connectivity index (χ1n) is 4.57. The van der Waals surface area contributed by atoms with Crippen molar-refractivity contribution in [3.05, 3.63) is 28.5 Å². The van der Waals surface area contributed by atoms with Crippen molar-refractivity contribution in [3.63, 3.8) is 0 Å². The quantitative estimate of drug-likeness (QED) is 0.860. The lowest BCUT2D eigenvalue weighted by atomic mass is 10.2. The Hall–Kier alpha value is -1.82. The Morgan fingerprint density at radius 1 is 1.38 bits per heavy atom. The summed E-state index contributed by atoms with van der Waals surface area (Å²) in [7, 11) is 0. The average molecular weight is 235 g/mol. The summed E-state index contributed by atoms with van der Waals surface area (Å²) in [6.07, 6.45) is 1.32. The van der Waals surface area contributed by atoms with Crippen molar-refractivity contribution in [2.45, 2.75) is 13.8 Å². The zero-order valence-electron chi connectivity index (χ0n) is 8.76. The maximum Gasteiger partial charge on any atom is 0.339 e. The van der Waals surface area contributed by atoms with E-state index in [0.717, 1.165) is 5.69 Å². The molecule has 0 unspecified atom stereocenters. The van der Waals surface area contributed by atoms with Gasteiger partial charge in [0.2, 0.25) is 0 Å². The molecule has 0 amide bonds. The highest BCUT2D eigenvalue weighted by Gasteiger charge is 2.12. The lowest BCUT2D eigenvalue weighted by Crippen LogP contribution is -2.04. The first kappa shape index (κ1) is 10.7. The van der Waals surface area contributed by atoms with Crippen LogP contribution in [0.15, 0.2) is 11.6 Å². The van der Waals surface area contributed by atoms with Crippen LogP contribution in [-0.4, -0.2) is 26.0 Å². The second-order valence-electron chi connectivity index (χ2n) is 3.29. The van der Waals surface area contributed by atoms with E-state index in [4.69, 9.17) is 5.11 Å². The van der Waals surface area contributed by atoms with E-state index in [0.29, 0.717) is 16.5 Å². The van der Waals surface area contributed by atoms with Crippen molar-refractivity contribution in [1.82, 2.24) is 15.0 Å². The molecule has 82 valence electrons. The molecule has 0 fully saturated rings. The molecule has 2 aromatic rings. The number of carboxylic acid groups (broad SMARTS) is 1. The van der Waals surface area contributed by atoms with Gasteiger partial charge >= 0.3 is 5.97 Å². The molecule has 2 rings (SSSR count). The van der Waals surface area contributed by atoms with E-state index in [1.165, 1.54) is 17.5 Å². The Morgan fingerprint density at radius 2 is 2.12 bits per heavy atom. The van der Waals surface area contributed by atoms with Crippen molar-refractivity contribution < 1.29 is 9.90 Å². The molecule has 6 heteroatoms. The highest BCUT2D eigenvalue weighted by molar-refractivity contribution is 7.13. The fourth-order valence-corrected chi connectivity index (χ4v) is 1.97. The zero-order chi connectivity index (χ0) is 11.7. The third-order valence-corrected chi connectivity index (χ3v) is 2.98. The number of hydrogen-bond donors (Lipinski definition) is 1. The fourth-order valence-electron chi connectivity index (χ4n) is 1.24. The molecule has 2 heterocycles. The van der Waals surface area contributed by atoms with Crippen LogP contribution in [0.5, 0.6) is 0 Å². The van der Waals surface area contributed by atoms with Crippen LogP contribution in [0, 0.1) is 13.8 Å². The Kier molecular flexibility index (Phi) is 2.66. The van der Waals surface area contributed by atoms with E-state index in [-0.39, 0.29) is 5.56 Å². The molecule has 0 aromatic carbocycles. The predicted octanol–water partition coefficient (Wildman–Crippen LogP) is 1.92. The number of aromatic nitrogens is 3. The summed E-state index contributed by atoms with van der Waals surface area (Å²) in [5, 5.41) is 11.4. The van der Waals surface area contributed by atoms with Gasteiger partial charge < -0.3 is 5.11 Å². The summed E-state index contributed by atoms with van der Waals surface area (Å²) in [6, 6.07) is 0. The van der Waals surface area contributed by atoms with Gasteiger partial charge in [-0.15, -0.1) is 11.3 Å². The molecule has 1 N–H and O–H groups in total. The van der Waals surface area contributed by atoms with Crippen LogP contribution < -0.4 is 0 Å². The highest BCUT2D eigenvalue weighted by Crippen LogP contribution is 2.20. The topological polar surface area (TPSA) is 76.0 Å². The molecule has 0 radical (unpaired) electrons. The molecule has 0 aliphatic heterocycles. The monoisotopic (exact) mass is 235 g/mol. The van der Waals surface area contributed by atoms with Gasteiger partial charge in [0.1, 0.15) is 0 Å². The number of carboxylic acids is 1. The molecule has 0 aliphatic rings. The number of thiazole rings is 1. The summed E-state index contributed by atoms with van der Waals surface area (Å²) in [4.78, 5) is 23.2. The van der Waals surface area contributed by atoms with E-state index in [2.05, 4.69) is 15.0 Å². The van der Waals surface area contributed by atoms with Gasteiger partial charge in [0, 0.05) is 17.3 Å². The number of aromatic carboxylic acids is 1. The van der Waals surface area contributed by atoms with Crippen LogP contribution in [0.2, 0.25) is 0 Å². The first-order valence-corrected chi connectivity index (χ1v) is 5.45. The molecule has 0 saturated heterocycles. The maximum atomic E-state index is 10.8. The lowest BCUT2D eigenvalue weighted by Gasteiger charge is -2.00. The second kappa shape index (κ2) is 3.97. The van der Waals surface area contributed by atoms with Crippen LogP contribution in [-0.2, 0) is 0 Å².